The number of hydrogen-bond acceptors (Lipinski definition) is 10. The fourth-order valence-corrected chi connectivity index (χ4v) is 7.61. The van der Waals surface area contributed by atoms with Gasteiger partial charge in [-0.15, -0.1) is 0 Å². The highest BCUT2D eigenvalue weighted by Crippen LogP contribution is 2.46. The average molecular weight is 703 g/mol. The molecule has 0 radical (unpaired) electrons. The fourth-order valence-electron chi connectivity index (χ4n) is 6.24. The molecule has 49 heavy (non-hydrogen) atoms. The lowest BCUT2D eigenvalue weighted by atomic mass is 10.0. The second-order valence-electron chi connectivity index (χ2n) is 14.2. The van der Waals surface area contributed by atoms with Gasteiger partial charge >= 0.3 is 12.1 Å². The quantitative estimate of drug-likeness (QED) is 0.282. The molecule has 3 N–H and O–H groups in total. The van der Waals surface area contributed by atoms with Gasteiger partial charge in [0, 0.05) is 12.3 Å². The molecule has 2 heterocycles. The Kier molecular flexibility index (Phi) is 10.6. The van der Waals surface area contributed by atoms with Crippen LogP contribution in [-0.4, -0.2) is 91.3 Å². The largest absolute Gasteiger partial charge is 0.497 e. The molecule has 1 saturated heterocycles. The smallest absolute Gasteiger partial charge is 0.408 e. The third kappa shape index (κ3) is 8.91. The number of amides is 4. The van der Waals surface area contributed by atoms with Crippen LogP contribution in [0.5, 0.6) is 5.75 Å². The average Bonchev–Trinajstić information content (AvgIpc) is 3.95. The molecule has 14 nitrogen and oxygen atoms in total. The van der Waals surface area contributed by atoms with Crippen LogP contribution in [0.1, 0.15) is 88.9 Å². The van der Waals surface area contributed by atoms with Crippen molar-refractivity contribution < 1.29 is 46.6 Å². The van der Waals surface area contributed by atoms with Crippen molar-refractivity contribution in [3.63, 3.8) is 0 Å². The zero-order valence-electron chi connectivity index (χ0n) is 28.4. The third-order valence-corrected chi connectivity index (χ3v) is 11.0. The van der Waals surface area contributed by atoms with Gasteiger partial charge in [-0.05, 0) is 83.6 Å². The number of nitrogens with zero attached hydrogens (tertiary/aromatic N) is 1. The number of carbonyl (C=O) groups excluding carboxylic acids is 5. The summed E-state index contributed by atoms with van der Waals surface area (Å²) < 4.78 is 43.9. The number of nitrogens with one attached hydrogen (secondary N) is 3. The molecule has 5 atom stereocenters. The van der Waals surface area contributed by atoms with E-state index in [-0.39, 0.29) is 31.4 Å². The maximum atomic E-state index is 14.2. The first-order chi connectivity index (χ1) is 23.1. The molecule has 0 bridgehead atoms. The first kappa shape index (κ1) is 36.1. The number of esters is 1. The van der Waals surface area contributed by atoms with E-state index in [1.165, 1.54) is 24.1 Å². The Labute approximate surface area is 286 Å². The van der Waals surface area contributed by atoms with E-state index in [9.17, 15) is 32.4 Å². The number of carbonyl (C=O) groups is 5. The number of alkyl carbamates (subject to hydrolysis) is 1. The minimum absolute atomic E-state index is 0.0861. The molecular formula is C34H46N4O10S. The van der Waals surface area contributed by atoms with Gasteiger partial charge < -0.3 is 29.7 Å². The van der Waals surface area contributed by atoms with Gasteiger partial charge in [0.1, 0.15) is 35.1 Å². The highest BCUT2D eigenvalue weighted by molar-refractivity contribution is 7.91. The minimum atomic E-state index is -3.90. The Hall–Kier alpha value is -4.14. The monoisotopic (exact) mass is 702 g/mol. The Bertz CT molecular complexity index is 1580. The van der Waals surface area contributed by atoms with E-state index in [1.807, 2.05) is 12.2 Å². The van der Waals surface area contributed by atoms with E-state index < -0.39 is 80.3 Å². The van der Waals surface area contributed by atoms with Gasteiger partial charge in [0.2, 0.25) is 21.8 Å². The van der Waals surface area contributed by atoms with Crippen molar-refractivity contribution in [2.45, 2.75) is 113 Å². The molecule has 4 amide bonds. The Morgan fingerprint density at radius 2 is 1.73 bits per heavy atom. The molecule has 5 rings (SSSR count). The highest BCUT2D eigenvalue weighted by Gasteiger charge is 2.62. The van der Waals surface area contributed by atoms with Crippen LogP contribution in [0.2, 0.25) is 0 Å². The second kappa shape index (κ2) is 14.4. The zero-order chi connectivity index (χ0) is 35.6. The molecular weight excluding hydrogens is 656 g/mol. The van der Waals surface area contributed by atoms with Crippen LogP contribution in [0.25, 0.3) is 0 Å². The number of methoxy groups -OCH3 is 1. The summed E-state index contributed by atoms with van der Waals surface area (Å²) in [6.45, 7) is 4.96. The Morgan fingerprint density at radius 3 is 2.39 bits per heavy atom. The zero-order valence-corrected chi connectivity index (χ0v) is 29.2. The lowest BCUT2D eigenvalue weighted by molar-refractivity contribution is -0.141. The van der Waals surface area contributed by atoms with E-state index in [0.717, 1.165) is 12.8 Å². The van der Waals surface area contributed by atoms with E-state index >= 15 is 0 Å². The van der Waals surface area contributed by atoms with Crippen molar-refractivity contribution in [2.75, 3.05) is 13.7 Å². The molecule has 268 valence electrons. The molecule has 2 aliphatic carbocycles. The SMILES string of the molecule is COc1ccc(C(=O)OC2CC3C(=O)NC4(C(=O)NS(=O)(=O)C5CC5)CC4C=CCCCCCC(NC(=O)OC(C)(C)C)C(=O)N3C2)cc1. The standard InChI is InChI=1S/C34H46N4O10S/c1-33(2,3)48-32(43)35-26-11-9-7-5-6-8-10-22-19-34(22,31(42)37-49(44,45)25-16-17-25)36-28(39)27-18-24(20-38(27)29(26)40)47-30(41)21-12-14-23(46-4)15-13-21/h8,10,12-15,22,24-27H,5-7,9,11,16-20H2,1-4H3,(H,35,43)(H,36,39)(H,37,42). The first-order valence-electron chi connectivity index (χ1n) is 16.8. The van der Waals surface area contributed by atoms with Crippen LogP contribution < -0.4 is 20.1 Å². The predicted octanol–water partition coefficient (Wildman–Crippen LogP) is 2.72. The Balaban J connectivity index is 1.42. The summed E-state index contributed by atoms with van der Waals surface area (Å²) in [6, 6.07) is 4.04. The molecule has 3 fully saturated rings. The summed E-state index contributed by atoms with van der Waals surface area (Å²) in [5, 5.41) is 4.82. The second-order valence-corrected chi connectivity index (χ2v) is 16.2. The summed E-state index contributed by atoms with van der Waals surface area (Å²) in [7, 11) is -2.40. The van der Waals surface area contributed by atoms with Crippen LogP contribution in [0.3, 0.4) is 0 Å². The first-order valence-corrected chi connectivity index (χ1v) is 18.4. The minimum Gasteiger partial charge on any atom is -0.497 e. The highest BCUT2D eigenvalue weighted by atomic mass is 32.2. The normalized spacial score (nSPS) is 27.7. The van der Waals surface area contributed by atoms with Crippen LogP contribution >= 0.6 is 0 Å². The number of allylic oxidation sites excluding steroid dienone is 1. The molecule has 5 unspecified atom stereocenters. The van der Waals surface area contributed by atoms with Crippen molar-refractivity contribution in [3.8, 4) is 5.75 Å². The topological polar surface area (TPSA) is 187 Å². The van der Waals surface area contributed by atoms with Gasteiger partial charge in [-0.1, -0.05) is 25.0 Å². The molecule has 2 saturated carbocycles. The van der Waals surface area contributed by atoms with Gasteiger partial charge in [-0.25, -0.2) is 18.0 Å². The van der Waals surface area contributed by atoms with Gasteiger partial charge in [0.25, 0.3) is 5.91 Å². The molecule has 2 aliphatic heterocycles. The number of rotatable bonds is 7. The van der Waals surface area contributed by atoms with E-state index in [0.29, 0.717) is 31.4 Å². The molecule has 0 spiro atoms. The van der Waals surface area contributed by atoms with Gasteiger partial charge in [0.15, 0.2) is 0 Å². The molecule has 1 aromatic carbocycles. The summed E-state index contributed by atoms with van der Waals surface area (Å²) in [4.78, 5) is 69.0. The van der Waals surface area contributed by atoms with Crippen LogP contribution in [0.15, 0.2) is 36.4 Å². The molecule has 1 aromatic rings. The summed E-state index contributed by atoms with van der Waals surface area (Å²) in [5.41, 5.74) is -2.11. The van der Waals surface area contributed by atoms with Gasteiger partial charge in [0.05, 0.1) is 24.5 Å². The summed E-state index contributed by atoms with van der Waals surface area (Å²) in [5.74, 6) is -2.66. The van der Waals surface area contributed by atoms with Crippen molar-refractivity contribution >= 4 is 39.8 Å². The van der Waals surface area contributed by atoms with E-state index in [4.69, 9.17) is 14.2 Å². The summed E-state index contributed by atoms with van der Waals surface area (Å²) in [6.07, 6.45) is 6.12. The Morgan fingerprint density at radius 1 is 1.02 bits per heavy atom. The molecule has 0 aromatic heterocycles. The van der Waals surface area contributed by atoms with Crippen LogP contribution in [-0.2, 0) is 33.9 Å². The van der Waals surface area contributed by atoms with Gasteiger partial charge in [-0.2, -0.15) is 0 Å². The van der Waals surface area contributed by atoms with E-state index in [1.54, 1.807) is 32.9 Å². The number of ether oxygens (including phenoxy) is 3. The molecule has 15 heteroatoms. The van der Waals surface area contributed by atoms with Crippen molar-refractivity contribution in [1.29, 1.82) is 0 Å². The predicted molar refractivity (Wildman–Crippen MR) is 177 cm³/mol. The fraction of sp³-hybridized carbons (Fsp3) is 0.618. The van der Waals surface area contributed by atoms with E-state index in [2.05, 4.69) is 15.4 Å². The van der Waals surface area contributed by atoms with Crippen LogP contribution in [0, 0.1) is 5.92 Å². The number of benzene rings is 1. The number of fused-ring (bicyclic) bond motifs is 2. The third-order valence-electron chi connectivity index (χ3n) is 9.13. The number of sulfonamides is 1. The molecule has 4 aliphatic rings. The van der Waals surface area contributed by atoms with Crippen molar-refractivity contribution in [2.24, 2.45) is 5.92 Å². The van der Waals surface area contributed by atoms with Crippen molar-refractivity contribution in [1.82, 2.24) is 20.3 Å². The van der Waals surface area contributed by atoms with Crippen molar-refractivity contribution in [3.05, 3.63) is 42.0 Å². The lowest BCUT2D eigenvalue weighted by Gasteiger charge is -2.30. The maximum Gasteiger partial charge on any atom is 0.408 e. The van der Waals surface area contributed by atoms with Gasteiger partial charge in [-0.3, -0.25) is 19.1 Å². The lowest BCUT2D eigenvalue weighted by Crippen LogP contribution is -2.58. The summed E-state index contributed by atoms with van der Waals surface area (Å²) >= 11 is 0. The van der Waals surface area contributed by atoms with Crippen LogP contribution in [0.4, 0.5) is 4.79 Å². The number of hydrogen-bond donors (Lipinski definition) is 3. The maximum absolute atomic E-state index is 14.2.